The van der Waals surface area contributed by atoms with Gasteiger partial charge in [-0.05, 0) is 54.7 Å². The zero-order chi connectivity index (χ0) is 13.7. The molecule has 0 bridgehead atoms. The van der Waals surface area contributed by atoms with Crippen LogP contribution in [0.15, 0.2) is 36.5 Å². The lowest BCUT2D eigenvalue weighted by Crippen LogP contribution is -2.09. The molecule has 100 valence electrons. The van der Waals surface area contributed by atoms with Crippen molar-refractivity contribution in [1.82, 2.24) is 14.5 Å². The summed E-state index contributed by atoms with van der Waals surface area (Å²) in [5, 5.41) is 0. The summed E-state index contributed by atoms with van der Waals surface area (Å²) in [6, 6.07) is 11.1. The summed E-state index contributed by atoms with van der Waals surface area (Å²) in [5.74, 6) is 0. The quantitative estimate of drug-likeness (QED) is 0.689. The molecule has 0 saturated heterocycles. The fourth-order valence-electron chi connectivity index (χ4n) is 3.17. The van der Waals surface area contributed by atoms with Gasteiger partial charge in [-0.25, -0.2) is 4.98 Å². The third-order valence-corrected chi connectivity index (χ3v) is 4.39. The van der Waals surface area contributed by atoms with Crippen molar-refractivity contribution < 1.29 is 0 Å². The van der Waals surface area contributed by atoms with Crippen molar-refractivity contribution in [2.45, 2.75) is 25.8 Å². The second-order valence-corrected chi connectivity index (χ2v) is 5.90. The third kappa shape index (κ3) is 1.72. The number of nitrogens with zero attached hydrogens (tertiary/aromatic N) is 2. The minimum Gasteiger partial charge on any atom is -0.329 e. The fraction of sp³-hybridized carbons (Fsp3) is 0.250. The number of aryl methyl sites for hydroxylation is 1. The zero-order valence-electron chi connectivity index (χ0n) is 11.3. The number of aromatic amines is 1. The van der Waals surface area contributed by atoms with E-state index in [2.05, 4.69) is 44.9 Å². The van der Waals surface area contributed by atoms with Crippen molar-refractivity contribution in [3.63, 3.8) is 0 Å². The number of rotatable bonds is 1. The molecule has 2 heterocycles. The summed E-state index contributed by atoms with van der Waals surface area (Å²) in [6.45, 7) is 2.05. The Morgan fingerprint density at radius 2 is 1.95 bits per heavy atom. The lowest BCUT2D eigenvalue weighted by atomic mass is 10.1. The van der Waals surface area contributed by atoms with Crippen molar-refractivity contribution in [2.75, 3.05) is 0 Å². The number of hydrogen-bond donors (Lipinski definition) is 1. The highest BCUT2D eigenvalue weighted by Gasteiger charge is 2.24. The van der Waals surface area contributed by atoms with E-state index in [0.29, 0.717) is 6.04 Å². The van der Waals surface area contributed by atoms with Gasteiger partial charge in [0.15, 0.2) is 10.4 Å². The lowest BCUT2D eigenvalue weighted by Gasteiger charge is -2.11. The second-order valence-electron chi connectivity index (χ2n) is 5.51. The van der Waals surface area contributed by atoms with Gasteiger partial charge in [-0.2, -0.15) is 0 Å². The average Bonchev–Trinajstić information content (AvgIpc) is 2.97. The van der Waals surface area contributed by atoms with Crippen LogP contribution in [0.1, 0.15) is 22.7 Å². The zero-order valence-corrected chi connectivity index (χ0v) is 12.1. The van der Waals surface area contributed by atoms with Gasteiger partial charge in [0.25, 0.3) is 0 Å². The minimum absolute atomic E-state index is 0.379. The largest absolute Gasteiger partial charge is 0.329 e. The molecule has 20 heavy (non-hydrogen) atoms. The van der Waals surface area contributed by atoms with Crippen LogP contribution in [0.4, 0.5) is 0 Å². The highest BCUT2D eigenvalue weighted by molar-refractivity contribution is 7.71. The van der Waals surface area contributed by atoms with E-state index in [1.165, 1.54) is 11.1 Å². The van der Waals surface area contributed by atoms with Crippen LogP contribution >= 0.6 is 12.2 Å². The highest BCUT2D eigenvalue weighted by atomic mass is 32.1. The van der Waals surface area contributed by atoms with Gasteiger partial charge in [-0.15, -0.1) is 0 Å². The van der Waals surface area contributed by atoms with Crippen LogP contribution in [-0.2, 0) is 12.8 Å². The van der Waals surface area contributed by atoms with Crippen molar-refractivity contribution in [1.29, 1.82) is 0 Å². The summed E-state index contributed by atoms with van der Waals surface area (Å²) in [5.41, 5.74) is 6.02. The smallest absolute Gasteiger partial charge is 0.179 e. The van der Waals surface area contributed by atoms with Gasteiger partial charge in [-0.1, -0.05) is 24.3 Å². The Morgan fingerprint density at radius 1 is 1.25 bits per heavy atom. The highest BCUT2D eigenvalue weighted by Crippen LogP contribution is 2.32. The Kier molecular flexibility index (Phi) is 2.54. The van der Waals surface area contributed by atoms with E-state index in [0.717, 1.165) is 34.3 Å². The van der Waals surface area contributed by atoms with Gasteiger partial charge in [0, 0.05) is 12.2 Å². The molecule has 1 aliphatic carbocycles. The number of pyridine rings is 1. The van der Waals surface area contributed by atoms with Crippen LogP contribution in [0.25, 0.3) is 11.2 Å². The molecular weight excluding hydrogens is 266 g/mol. The number of aromatic nitrogens is 3. The molecule has 3 nitrogen and oxygen atoms in total. The number of hydrogen-bond acceptors (Lipinski definition) is 2. The fourth-order valence-corrected chi connectivity index (χ4v) is 3.52. The van der Waals surface area contributed by atoms with Crippen LogP contribution in [0.2, 0.25) is 0 Å². The van der Waals surface area contributed by atoms with Gasteiger partial charge >= 0.3 is 0 Å². The first-order valence-corrected chi connectivity index (χ1v) is 7.27. The van der Waals surface area contributed by atoms with E-state index in [9.17, 15) is 0 Å². The molecule has 4 heteroatoms. The molecule has 1 N–H and O–H groups in total. The van der Waals surface area contributed by atoms with Crippen LogP contribution < -0.4 is 0 Å². The molecule has 0 spiro atoms. The van der Waals surface area contributed by atoms with Crippen LogP contribution in [0.3, 0.4) is 0 Å². The summed E-state index contributed by atoms with van der Waals surface area (Å²) in [4.78, 5) is 7.86. The van der Waals surface area contributed by atoms with Crippen molar-refractivity contribution in [3.8, 4) is 0 Å². The Labute approximate surface area is 122 Å². The van der Waals surface area contributed by atoms with E-state index >= 15 is 0 Å². The van der Waals surface area contributed by atoms with Crippen LogP contribution in [0, 0.1) is 11.7 Å². The van der Waals surface area contributed by atoms with E-state index in [1.54, 1.807) is 0 Å². The van der Waals surface area contributed by atoms with Crippen LogP contribution in [0.5, 0.6) is 0 Å². The van der Waals surface area contributed by atoms with Gasteiger partial charge in [-0.3, -0.25) is 4.57 Å². The molecule has 0 fully saturated rings. The van der Waals surface area contributed by atoms with Gasteiger partial charge in [0.2, 0.25) is 0 Å². The van der Waals surface area contributed by atoms with Crippen molar-refractivity contribution in [3.05, 3.63) is 58.0 Å². The molecule has 0 amide bonds. The number of benzene rings is 1. The maximum absolute atomic E-state index is 5.51. The minimum atomic E-state index is 0.379. The summed E-state index contributed by atoms with van der Waals surface area (Å²) in [6.07, 6.45) is 3.98. The standard InChI is InChI=1S/C16H15N3S/c1-10-6-14-15(17-9-10)19(16(20)18-14)13-7-11-4-2-3-5-12(11)8-13/h2-6,9,13H,7-8H2,1H3,(H,18,20). The van der Waals surface area contributed by atoms with Gasteiger partial charge in [0.1, 0.15) is 0 Å². The Morgan fingerprint density at radius 3 is 2.65 bits per heavy atom. The van der Waals surface area contributed by atoms with E-state index in [1.807, 2.05) is 13.1 Å². The molecule has 1 aliphatic rings. The first-order chi connectivity index (χ1) is 9.72. The average molecular weight is 281 g/mol. The maximum atomic E-state index is 5.51. The summed E-state index contributed by atoms with van der Waals surface area (Å²) < 4.78 is 2.96. The monoisotopic (exact) mass is 281 g/mol. The molecule has 1 aromatic carbocycles. The Bertz CT molecular complexity index is 835. The lowest BCUT2D eigenvalue weighted by molar-refractivity contribution is 0.534. The molecule has 4 rings (SSSR count). The molecule has 0 radical (unpaired) electrons. The second kappa shape index (κ2) is 4.28. The number of H-pyrrole nitrogens is 1. The van der Waals surface area contributed by atoms with Gasteiger partial charge < -0.3 is 4.98 Å². The summed E-state index contributed by atoms with van der Waals surface area (Å²) in [7, 11) is 0. The molecular formula is C16H15N3S. The number of imidazole rings is 1. The first kappa shape index (κ1) is 11.9. The SMILES string of the molecule is Cc1cnc2c(c1)[nH]c(=S)n2C1Cc2ccccc2C1. The molecule has 0 unspecified atom stereocenters. The van der Waals surface area contributed by atoms with Crippen LogP contribution in [-0.4, -0.2) is 14.5 Å². The normalized spacial score (nSPS) is 14.8. The molecule has 3 aromatic rings. The van der Waals surface area contributed by atoms with Crippen molar-refractivity contribution >= 4 is 23.4 Å². The first-order valence-electron chi connectivity index (χ1n) is 6.86. The van der Waals surface area contributed by atoms with Crippen molar-refractivity contribution in [2.24, 2.45) is 0 Å². The molecule has 0 aliphatic heterocycles. The third-order valence-electron chi connectivity index (χ3n) is 4.09. The maximum Gasteiger partial charge on any atom is 0.179 e. The van der Waals surface area contributed by atoms with E-state index < -0.39 is 0 Å². The number of fused-ring (bicyclic) bond motifs is 2. The van der Waals surface area contributed by atoms with E-state index in [-0.39, 0.29) is 0 Å². The topological polar surface area (TPSA) is 33.6 Å². The Hall–Kier alpha value is -1.94. The van der Waals surface area contributed by atoms with E-state index in [4.69, 9.17) is 12.2 Å². The Balaban J connectivity index is 1.85. The van der Waals surface area contributed by atoms with Gasteiger partial charge in [0.05, 0.1) is 5.52 Å². The predicted molar refractivity (Wildman–Crippen MR) is 82.5 cm³/mol. The molecule has 2 aromatic heterocycles. The molecule has 0 atom stereocenters. The number of nitrogens with one attached hydrogen (secondary N) is 1. The molecule has 0 saturated carbocycles. The predicted octanol–water partition coefficient (Wildman–Crippen LogP) is 3.74. The summed E-state index contributed by atoms with van der Waals surface area (Å²) >= 11 is 5.51.